The van der Waals surface area contributed by atoms with Crippen LogP contribution in [-0.2, 0) is 6.54 Å². The maximum absolute atomic E-state index is 12.9. The summed E-state index contributed by atoms with van der Waals surface area (Å²) in [5, 5.41) is 4.14. The van der Waals surface area contributed by atoms with Gasteiger partial charge in [0.05, 0.1) is 16.1 Å². The molecule has 2 aromatic heterocycles. The Balaban J connectivity index is 1.63. The van der Waals surface area contributed by atoms with Crippen molar-refractivity contribution >= 4 is 28.6 Å². The summed E-state index contributed by atoms with van der Waals surface area (Å²) in [6.07, 6.45) is 1.03. The first-order valence-electron chi connectivity index (χ1n) is 8.11. The fourth-order valence-electron chi connectivity index (χ4n) is 2.97. The highest BCUT2D eigenvalue weighted by molar-refractivity contribution is 7.12. The second kappa shape index (κ2) is 7.55. The molecule has 124 valence electrons. The van der Waals surface area contributed by atoms with Crippen molar-refractivity contribution in [2.45, 2.75) is 32.7 Å². The van der Waals surface area contributed by atoms with Crippen LogP contribution in [0.4, 0.5) is 0 Å². The molecule has 2 aromatic rings. The molecular formula is C17H23N3OS2. The lowest BCUT2D eigenvalue weighted by molar-refractivity contribution is 0.0764. The summed E-state index contributed by atoms with van der Waals surface area (Å²) in [5.74, 6) is 0.604. The topological polar surface area (TPSA) is 36.4 Å². The van der Waals surface area contributed by atoms with Crippen LogP contribution < -0.4 is 0 Å². The van der Waals surface area contributed by atoms with Crippen molar-refractivity contribution < 1.29 is 4.79 Å². The number of amides is 1. The number of carbonyl (C=O) groups is 1. The van der Waals surface area contributed by atoms with Crippen molar-refractivity contribution in [2.75, 3.05) is 26.2 Å². The van der Waals surface area contributed by atoms with Crippen LogP contribution in [0.1, 0.15) is 47.1 Å². The molecule has 1 aliphatic heterocycles. The van der Waals surface area contributed by atoms with Gasteiger partial charge in [0.1, 0.15) is 0 Å². The number of nitrogens with zero attached hydrogens (tertiary/aromatic N) is 3. The van der Waals surface area contributed by atoms with E-state index in [-0.39, 0.29) is 5.91 Å². The molecule has 0 atom stereocenters. The van der Waals surface area contributed by atoms with E-state index in [0.717, 1.165) is 49.7 Å². The zero-order chi connectivity index (χ0) is 16.2. The first-order chi connectivity index (χ1) is 11.1. The van der Waals surface area contributed by atoms with Crippen LogP contribution in [0.15, 0.2) is 22.3 Å². The number of aromatic nitrogens is 1. The number of thiophene rings is 1. The molecule has 1 aliphatic rings. The van der Waals surface area contributed by atoms with E-state index in [1.807, 2.05) is 15.8 Å². The Labute approximate surface area is 145 Å². The molecule has 0 saturated carbocycles. The third kappa shape index (κ3) is 4.00. The summed E-state index contributed by atoms with van der Waals surface area (Å²) in [4.78, 5) is 22.6. The number of hydrogen-bond acceptors (Lipinski definition) is 5. The van der Waals surface area contributed by atoms with Gasteiger partial charge in [0, 0.05) is 38.1 Å². The summed E-state index contributed by atoms with van der Waals surface area (Å²) in [6.45, 7) is 8.80. The fourth-order valence-corrected chi connectivity index (χ4v) is 4.54. The molecule has 0 unspecified atom stereocenters. The lowest BCUT2D eigenvalue weighted by Crippen LogP contribution is -2.35. The summed E-state index contributed by atoms with van der Waals surface area (Å²) >= 11 is 3.22. The maximum atomic E-state index is 12.9. The van der Waals surface area contributed by atoms with Crippen LogP contribution in [0.25, 0.3) is 0 Å². The molecule has 0 N–H and O–H groups in total. The van der Waals surface area contributed by atoms with Crippen LogP contribution >= 0.6 is 22.7 Å². The molecule has 3 heterocycles. The minimum absolute atomic E-state index is 0.208. The molecule has 1 fully saturated rings. The summed E-state index contributed by atoms with van der Waals surface area (Å²) in [6, 6.07) is 2.09. The lowest BCUT2D eigenvalue weighted by Gasteiger charge is -2.22. The van der Waals surface area contributed by atoms with Crippen LogP contribution in [0.2, 0.25) is 0 Å². The zero-order valence-electron chi connectivity index (χ0n) is 13.7. The van der Waals surface area contributed by atoms with Crippen molar-refractivity contribution in [3.05, 3.63) is 38.5 Å². The molecule has 1 saturated heterocycles. The fraction of sp³-hybridized carbons (Fsp3) is 0.529. The van der Waals surface area contributed by atoms with E-state index >= 15 is 0 Å². The SMILES string of the molecule is CC(C)c1ccsc1C(=O)N1CCCN(Cc2cscn2)CC1. The molecule has 0 aliphatic carbocycles. The van der Waals surface area contributed by atoms with Crippen molar-refractivity contribution in [2.24, 2.45) is 0 Å². The Morgan fingerprint density at radius 3 is 2.91 bits per heavy atom. The Hall–Kier alpha value is -1.24. The van der Waals surface area contributed by atoms with Gasteiger partial charge >= 0.3 is 0 Å². The smallest absolute Gasteiger partial charge is 0.264 e. The standard InChI is InChI=1S/C17H23N3OS2/c1-13(2)15-4-9-23-16(15)17(21)20-6-3-5-19(7-8-20)10-14-11-22-12-18-14/h4,9,11-13H,3,5-8,10H2,1-2H3. The highest BCUT2D eigenvalue weighted by Crippen LogP contribution is 2.26. The molecule has 6 heteroatoms. The van der Waals surface area contributed by atoms with Crippen molar-refractivity contribution in [1.82, 2.24) is 14.8 Å². The van der Waals surface area contributed by atoms with Gasteiger partial charge in [0.15, 0.2) is 0 Å². The minimum Gasteiger partial charge on any atom is -0.337 e. The molecule has 1 amide bonds. The Bertz CT molecular complexity index is 636. The van der Waals surface area contributed by atoms with E-state index in [1.54, 1.807) is 22.7 Å². The average Bonchev–Trinajstić information content (AvgIpc) is 3.15. The Morgan fingerprint density at radius 1 is 1.30 bits per heavy atom. The third-order valence-corrected chi connectivity index (χ3v) is 5.81. The van der Waals surface area contributed by atoms with E-state index in [1.165, 1.54) is 5.56 Å². The zero-order valence-corrected chi connectivity index (χ0v) is 15.3. The molecule has 0 aromatic carbocycles. The number of rotatable bonds is 4. The highest BCUT2D eigenvalue weighted by atomic mass is 32.1. The van der Waals surface area contributed by atoms with Crippen LogP contribution in [0, 0.1) is 0 Å². The Morgan fingerprint density at radius 2 is 2.17 bits per heavy atom. The molecule has 0 bridgehead atoms. The summed E-state index contributed by atoms with van der Waals surface area (Å²) in [7, 11) is 0. The van der Waals surface area contributed by atoms with Gasteiger partial charge in [-0.15, -0.1) is 22.7 Å². The molecule has 23 heavy (non-hydrogen) atoms. The van der Waals surface area contributed by atoms with Gasteiger partial charge in [0.2, 0.25) is 0 Å². The van der Waals surface area contributed by atoms with E-state index in [4.69, 9.17) is 0 Å². The van der Waals surface area contributed by atoms with E-state index in [9.17, 15) is 4.79 Å². The molecular weight excluding hydrogens is 326 g/mol. The molecule has 3 rings (SSSR count). The first kappa shape index (κ1) is 16.6. The summed E-state index contributed by atoms with van der Waals surface area (Å²) < 4.78 is 0. The van der Waals surface area contributed by atoms with Crippen molar-refractivity contribution in [3.63, 3.8) is 0 Å². The second-order valence-corrected chi connectivity index (χ2v) is 7.90. The molecule has 4 nitrogen and oxygen atoms in total. The molecule has 0 spiro atoms. The predicted octanol–water partition coefficient (Wildman–Crippen LogP) is 3.68. The average molecular weight is 350 g/mol. The lowest BCUT2D eigenvalue weighted by atomic mass is 10.0. The van der Waals surface area contributed by atoms with Gasteiger partial charge in [-0.1, -0.05) is 13.8 Å². The Kier molecular flexibility index (Phi) is 5.46. The monoisotopic (exact) mass is 349 g/mol. The quantitative estimate of drug-likeness (QED) is 0.845. The van der Waals surface area contributed by atoms with E-state index in [0.29, 0.717) is 5.92 Å². The van der Waals surface area contributed by atoms with Crippen LogP contribution in [-0.4, -0.2) is 46.9 Å². The number of hydrogen-bond donors (Lipinski definition) is 0. The highest BCUT2D eigenvalue weighted by Gasteiger charge is 2.24. The van der Waals surface area contributed by atoms with Crippen molar-refractivity contribution in [1.29, 1.82) is 0 Å². The third-order valence-electron chi connectivity index (χ3n) is 4.26. The van der Waals surface area contributed by atoms with E-state index < -0.39 is 0 Å². The van der Waals surface area contributed by atoms with Gasteiger partial charge in [-0.2, -0.15) is 0 Å². The van der Waals surface area contributed by atoms with Crippen LogP contribution in [0.3, 0.4) is 0 Å². The van der Waals surface area contributed by atoms with Gasteiger partial charge in [-0.25, -0.2) is 4.98 Å². The van der Waals surface area contributed by atoms with Gasteiger partial charge in [-0.05, 0) is 29.3 Å². The minimum atomic E-state index is 0.208. The van der Waals surface area contributed by atoms with E-state index in [2.05, 4.69) is 35.2 Å². The number of carbonyl (C=O) groups excluding carboxylic acids is 1. The van der Waals surface area contributed by atoms with Gasteiger partial charge in [-0.3, -0.25) is 9.69 Å². The maximum Gasteiger partial charge on any atom is 0.264 e. The largest absolute Gasteiger partial charge is 0.337 e. The number of thiazole rings is 1. The van der Waals surface area contributed by atoms with Crippen LogP contribution in [0.5, 0.6) is 0 Å². The predicted molar refractivity (Wildman–Crippen MR) is 96.3 cm³/mol. The van der Waals surface area contributed by atoms with Gasteiger partial charge < -0.3 is 4.90 Å². The normalized spacial score (nSPS) is 16.7. The summed E-state index contributed by atoms with van der Waals surface area (Å²) in [5.41, 5.74) is 4.20. The van der Waals surface area contributed by atoms with Crippen molar-refractivity contribution in [3.8, 4) is 0 Å². The second-order valence-electron chi connectivity index (χ2n) is 6.26. The molecule has 0 radical (unpaired) electrons. The first-order valence-corrected chi connectivity index (χ1v) is 9.93. The van der Waals surface area contributed by atoms with Gasteiger partial charge in [0.25, 0.3) is 5.91 Å².